The van der Waals surface area contributed by atoms with Gasteiger partial charge in [-0.05, 0) is 12.2 Å². The maximum atomic E-state index is 12.4. The van der Waals surface area contributed by atoms with Gasteiger partial charge in [0.25, 0.3) is 0 Å². The molecule has 0 aliphatic heterocycles. The number of Topliss-reactive ketones (excluding diaryl/α,β-unsaturated/α-hetero) is 1. The van der Waals surface area contributed by atoms with E-state index in [1.807, 2.05) is 0 Å². The molecular weight excluding hydrogens is 334 g/mol. The molecule has 10 heteroatoms. The van der Waals surface area contributed by atoms with Gasteiger partial charge in [-0.25, -0.2) is 9.59 Å². The van der Waals surface area contributed by atoms with Gasteiger partial charge in [-0.3, -0.25) is 9.59 Å². The van der Waals surface area contributed by atoms with Crippen molar-refractivity contribution in [2.24, 2.45) is 11.5 Å². The number of aromatic amines is 1. The van der Waals surface area contributed by atoms with Crippen LogP contribution in [0.25, 0.3) is 6.08 Å². The Hall–Kier alpha value is -3.56. The fourth-order valence-electron chi connectivity index (χ4n) is 2.26. The van der Waals surface area contributed by atoms with E-state index in [1.54, 1.807) is 0 Å². The quantitative estimate of drug-likeness (QED) is 0.677. The number of carbonyl (C=O) groups is 4. The maximum Gasteiger partial charge on any atom is 0.404 e. The van der Waals surface area contributed by atoms with Crippen LogP contribution in [0.15, 0.2) is 17.9 Å². The minimum absolute atomic E-state index is 0.0288. The fourth-order valence-corrected chi connectivity index (χ4v) is 2.26. The third-order valence-electron chi connectivity index (χ3n) is 3.28. The van der Waals surface area contributed by atoms with E-state index >= 15 is 0 Å². The first kappa shape index (κ1) is 17.8. The van der Waals surface area contributed by atoms with Crippen molar-refractivity contribution in [3.63, 3.8) is 0 Å². The van der Waals surface area contributed by atoms with E-state index in [-0.39, 0.29) is 35.8 Å². The number of ketones is 2. The zero-order chi connectivity index (χ0) is 18.6. The lowest BCUT2D eigenvalue weighted by Gasteiger charge is -2.12. The van der Waals surface area contributed by atoms with Crippen LogP contribution in [0.2, 0.25) is 0 Å². The molecule has 1 aromatic rings. The van der Waals surface area contributed by atoms with Crippen molar-refractivity contribution in [2.75, 3.05) is 13.7 Å². The molecule has 0 fully saturated rings. The SMILES string of the molecule is COC1=CC(=O)c2[nH]c(/C=C/COC(N)=O)c(COC(N)=O)c2C1=O. The molecule has 10 nitrogen and oxygen atoms in total. The molecule has 0 atom stereocenters. The first-order valence-electron chi connectivity index (χ1n) is 6.95. The van der Waals surface area contributed by atoms with Crippen LogP contribution >= 0.6 is 0 Å². The van der Waals surface area contributed by atoms with Crippen molar-refractivity contribution in [3.05, 3.63) is 40.4 Å². The highest BCUT2D eigenvalue weighted by Crippen LogP contribution is 2.29. The average Bonchev–Trinajstić information content (AvgIpc) is 2.92. The van der Waals surface area contributed by atoms with E-state index in [1.165, 1.54) is 19.3 Å². The van der Waals surface area contributed by atoms with Gasteiger partial charge < -0.3 is 30.7 Å². The van der Waals surface area contributed by atoms with Gasteiger partial charge in [0, 0.05) is 17.3 Å². The van der Waals surface area contributed by atoms with E-state index in [9.17, 15) is 19.2 Å². The number of allylic oxidation sites excluding steroid dienone is 2. The summed E-state index contributed by atoms with van der Waals surface area (Å²) in [5.41, 5.74) is 10.4. The van der Waals surface area contributed by atoms with E-state index in [0.29, 0.717) is 5.69 Å². The number of amides is 2. The number of hydrogen-bond acceptors (Lipinski definition) is 7. The summed E-state index contributed by atoms with van der Waals surface area (Å²) in [6, 6.07) is 0. The van der Waals surface area contributed by atoms with Gasteiger partial charge in [-0.2, -0.15) is 0 Å². The Morgan fingerprint density at radius 2 is 1.88 bits per heavy atom. The highest BCUT2D eigenvalue weighted by Gasteiger charge is 2.32. The molecule has 1 aromatic heterocycles. The molecule has 0 saturated carbocycles. The summed E-state index contributed by atoms with van der Waals surface area (Å²) in [5.74, 6) is -1.14. The highest BCUT2D eigenvalue weighted by molar-refractivity contribution is 6.24. The first-order valence-corrected chi connectivity index (χ1v) is 6.95. The van der Waals surface area contributed by atoms with Gasteiger partial charge in [-0.1, -0.05) is 0 Å². The lowest BCUT2D eigenvalue weighted by Crippen LogP contribution is -2.19. The Morgan fingerprint density at radius 1 is 1.20 bits per heavy atom. The van der Waals surface area contributed by atoms with Gasteiger partial charge >= 0.3 is 12.2 Å². The molecule has 25 heavy (non-hydrogen) atoms. The topological polar surface area (TPSA) is 164 Å². The number of fused-ring (bicyclic) bond motifs is 1. The van der Waals surface area contributed by atoms with Gasteiger partial charge in [0.1, 0.15) is 13.2 Å². The second-order valence-corrected chi connectivity index (χ2v) is 4.81. The molecule has 132 valence electrons. The number of primary amides is 2. The van der Waals surface area contributed by atoms with Crippen LogP contribution in [0.5, 0.6) is 0 Å². The van der Waals surface area contributed by atoms with Crippen LogP contribution in [0.4, 0.5) is 9.59 Å². The van der Waals surface area contributed by atoms with Crippen LogP contribution in [0.3, 0.4) is 0 Å². The molecule has 0 radical (unpaired) electrons. The van der Waals surface area contributed by atoms with Gasteiger partial charge in [0.2, 0.25) is 11.6 Å². The average molecular weight is 349 g/mol. The summed E-state index contributed by atoms with van der Waals surface area (Å²) < 4.78 is 14.2. The number of rotatable bonds is 6. The predicted molar refractivity (Wildman–Crippen MR) is 83.5 cm³/mol. The van der Waals surface area contributed by atoms with Gasteiger partial charge in [0.05, 0.1) is 18.4 Å². The fraction of sp³-hybridized carbons (Fsp3) is 0.200. The minimum atomic E-state index is -1.04. The van der Waals surface area contributed by atoms with Crippen molar-refractivity contribution >= 4 is 29.8 Å². The van der Waals surface area contributed by atoms with Crippen molar-refractivity contribution in [2.45, 2.75) is 6.61 Å². The molecule has 0 spiro atoms. The minimum Gasteiger partial charge on any atom is -0.492 e. The van der Waals surface area contributed by atoms with Crippen molar-refractivity contribution in [3.8, 4) is 0 Å². The van der Waals surface area contributed by atoms with Gasteiger partial charge in [0.15, 0.2) is 5.76 Å². The lowest BCUT2D eigenvalue weighted by molar-refractivity contribution is 0.0912. The standard InChI is InChI=1S/C15H15N3O7/c1-23-10-5-9(19)12-11(13(10)20)7(6-25-15(17)22)8(18-12)3-2-4-24-14(16)21/h2-3,5,18H,4,6H2,1H3,(H2,16,21)(H2,17,22)/b3-2+. The largest absolute Gasteiger partial charge is 0.492 e. The summed E-state index contributed by atoms with van der Waals surface area (Å²) in [5, 5.41) is 0. The number of hydrogen-bond donors (Lipinski definition) is 3. The van der Waals surface area contributed by atoms with Crippen LogP contribution < -0.4 is 11.5 Å². The molecule has 1 aliphatic carbocycles. The van der Waals surface area contributed by atoms with E-state index < -0.39 is 23.8 Å². The zero-order valence-electron chi connectivity index (χ0n) is 13.2. The molecule has 5 N–H and O–H groups in total. The maximum absolute atomic E-state index is 12.4. The molecule has 0 bridgehead atoms. The first-order chi connectivity index (χ1) is 11.8. The number of ether oxygens (including phenoxy) is 3. The van der Waals surface area contributed by atoms with Crippen LogP contribution in [-0.2, 0) is 20.8 Å². The molecule has 1 heterocycles. The number of nitrogens with two attached hydrogens (primary N) is 2. The van der Waals surface area contributed by atoms with E-state index in [0.717, 1.165) is 6.08 Å². The summed E-state index contributed by atoms with van der Waals surface area (Å²) in [4.78, 5) is 48.8. The summed E-state index contributed by atoms with van der Waals surface area (Å²) in [6.45, 7) is -0.466. The van der Waals surface area contributed by atoms with Gasteiger partial charge in [-0.15, -0.1) is 0 Å². The number of carbonyl (C=O) groups excluding carboxylic acids is 4. The lowest BCUT2D eigenvalue weighted by atomic mass is 9.96. The Labute approximate surface area is 141 Å². The summed E-state index contributed by atoms with van der Waals surface area (Å²) >= 11 is 0. The van der Waals surface area contributed by atoms with Crippen LogP contribution in [0, 0.1) is 0 Å². The van der Waals surface area contributed by atoms with E-state index in [2.05, 4.69) is 9.72 Å². The molecule has 2 rings (SSSR count). The molecular formula is C15H15N3O7. The Bertz CT molecular complexity index is 804. The van der Waals surface area contributed by atoms with Crippen molar-refractivity contribution in [1.82, 2.24) is 4.98 Å². The van der Waals surface area contributed by atoms with E-state index in [4.69, 9.17) is 20.9 Å². The summed E-state index contributed by atoms with van der Waals surface area (Å²) in [6.07, 6.45) is 1.94. The monoisotopic (exact) mass is 349 g/mol. The molecule has 0 saturated heterocycles. The Kier molecular flexibility index (Phi) is 5.22. The second kappa shape index (κ2) is 7.34. The zero-order valence-corrected chi connectivity index (χ0v) is 13.2. The van der Waals surface area contributed by atoms with Crippen molar-refractivity contribution < 1.29 is 33.4 Å². The third kappa shape index (κ3) is 3.86. The Morgan fingerprint density at radius 3 is 2.48 bits per heavy atom. The third-order valence-corrected chi connectivity index (χ3v) is 3.28. The molecule has 0 unspecified atom stereocenters. The Balaban J connectivity index is 2.42. The molecule has 1 aliphatic rings. The second-order valence-electron chi connectivity index (χ2n) is 4.81. The normalized spacial score (nSPS) is 13.4. The number of H-pyrrole nitrogens is 1. The molecule has 0 aromatic carbocycles. The van der Waals surface area contributed by atoms with Crippen LogP contribution in [-0.4, -0.2) is 42.5 Å². The van der Waals surface area contributed by atoms with Crippen molar-refractivity contribution in [1.29, 1.82) is 0 Å². The highest BCUT2D eigenvalue weighted by atomic mass is 16.5. The number of methoxy groups -OCH3 is 1. The summed E-state index contributed by atoms with van der Waals surface area (Å²) in [7, 11) is 1.26. The van der Waals surface area contributed by atoms with Crippen LogP contribution in [0.1, 0.15) is 32.1 Å². The predicted octanol–water partition coefficient (Wildman–Crippen LogP) is 0.628. The number of nitrogens with one attached hydrogen (secondary N) is 1. The smallest absolute Gasteiger partial charge is 0.404 e. The molecule has 2 amide bonds. The number of aromatic nitrogens is 1.